The highest BCUT2D eigenvalue weighted by Gasteiger charge is 2.54. The largest absolute Gasteiger partial charge is 0.366 e. The molecule has 1 saturated heterocycles. The predicted molar refractivity (Wildman–Crippen MR) is 158 cm³/mol. The van der Waals surface area contributed by atoms with Gasteiger partial charge in [0.25, 0.3) is 0 Å². The van der Waals surface area contributed by atoms with Gasteiger partial charge in [-0.25, -0.2) is 5.10 Å². The van der Waals surface area contributed by atoms with E-state index < -0.39 is 17.2 Å². The summed E-state index contributed by atoms with van der Waals surface area (Å²) >= 11 is 0. The van der Waals surface area contributed by atoms with Gasteiger partial charge in [-0.05, 0) is 114 Å². The second kappa shape index (κ2) is 10.8. The highest BCUT2D eigenvalue weighted by atomic mass is 16.2. The van der Waals surface area contributed by atoms with E-state index in [-0.39, 0.29) is 30.6 Å². The van der Waals surface area contributed by atoms with Crippen LogP contribution in [0.5, 0.6) is 0 Å². The van der Waals surface area contributed by atoms with E-state index >= 15 is 0 Å². The number of nitrogens with zero attached hydrogens (tertiary/aromatic N) is 5. The van der Waals surface area contributed by atoms with Crippen LogP contribution >= 0.6 is 0 Å². The van der Waals surface area contributed by atoms with Gasteiger partial charge in [-0.1, -0.05) is 18.6 Å². The van der Waals surface area contributed by atoms with Gasteiger partial charge in [0.2, 0.25) is 17.7 Å². The van der Waals surface area contributed by atoms with E-state index in [1.165, 1.54) is 0 Å². The lowest BCUT2D eigenvalue weighted by molar-refractivity contribution is -0.131. The molecule has 7 rings (SSSR count). The summed E-state index contributed by atoms with van der Waals surface area (Å²) in [5, 5.41) is 28.8. The Morgan fingerprint density at radius 3 is 2.23 bits per heavy atom. The quantitative estimate of drug-likeness (QED) is 0.286. The van der Waals surface area contributed by atoms with Gasteiger partial charge in [-0.2, -0.15) is 5.26 Å². The standard InChI is InChI=1S/C32H35N9O3/c33-15-23-12-22-13-27(22)41(23)28(42)16-36-26(17-2-1-3-17)14-32(31-37-39-40-38-31)24-8-6-20(29(34)43)10-18(24)4-5-19-11-21(30(35)44)7-9-25(19)32/h6-11,17,22-23,26-27,36H,1-5,12-14,16H2,(H2,34,43)(H2,35,44)(H,37,38,39,40)/t22-,23?,26-,27+/m1/s1. The summed E-state index contributed by atoms with van der Waals surface area (Å²) in [6.07, 6.45) is 6.60. The molecule has 2 heterocycles. The number of piperidine rings is 1. The first-order valence-corrected chi connectivity index (χ1v) is 15.3. The van der Waals surface area contributed by atoms with Gasteiger partial charge in [0.1, 0.15) is 6.04 Å². The van der Waals surface area contributed by atoms with Crippen molar-refractivity contribution in [2.75, 3.05) is 6.54 Å². The number of aromatic amines is 1. The SMILES string of the molecule is N#CC1C[C@@H]2C[C@@H]2N1C(=O)CN[C@H](CC1(c2nnn[nH]2)c2ccc(C(N)=O)cc2CCc2cc(C(N)=O)ccc21)C1CCC1. The first-order chi connectivity index (χ1) is 21.3. The minimum Gasteiger partial charge on any atom is -0.366 e. The predicted octanol–water partition coefficient (Wildman–Crippen LogP) is 1.49. The van der Waals surface area contributed by atoms with Crippen LogP contribution in [-0.4, -0.2) is 67.9 Å². The smallest absolute Gasteiger partial charge is 0.248 e. The van der Waals surface area contributed by atoms with E-state index in [2.05, 4.69) is 32.0 Å². The summed E-state index contributed by atoms with van der Waals surface area (Å²) in [7, 11) is 0. The molecular formula is C32H35N9O3. The van der Waals surface area contributed by atoms with Crippen molar-refractivity contribution in [2.24, 2.45) is 23.3 Å². The van der Waals surface area contributed by atoms with Crippen LogP contribution in [0.4, 0.5) is 0 Å². The van der Waals surface area contributed by atoms with E-state index in [1.54, 1.807) is 17.0 Å². The number of hydrogen-bond donors (Lipinski definition) is 4. The number of benzene rings is 2. The van der Waals surface area contributed by atoms with Crippen molar-refractivity contribution in [2.45, 2.75) is 74.9 Å². The molecule has 44 heavy (non-hydrogen) atoms. The van der Waals surface area contributed by atoms with Crippen molar-refractivity contribution in [1.82, 2.24) is 30.8 Å². The van der Waals surface area contributed by atoms with Crippen molar-refractivity contribution in [3.05, 3.63) is 75.6 Å². The lowest BCUT2D eigenvalue weighted by Gasteiger charge is -2.42. The van der Waals surface area contributed by atoms with Crippen molar-refractivity contribution in [1.29, 1.82) is 5.26 Å². The van der Waals surface area contributed by atoms with Crippen LogP contribution in [0.15, 0.2) is 36.4 Å². The van der Waals surface area contributed by atoms with E-state index in [4.69, 9.17) is 11.5 Å². The molecule has 2 aromatic carbocycles. The van der Waals surface area contributed by atoms with Crippen LogP contribution in [0, 0.1) is 23.2 Å². The number of H-pyrrole nitrogens is 1. The fourth-order valence-electron chi connectivity index (χ4n) is 7.88. The molecule has 2 saturated carbocycles. The number of nitriles is 1. The Balaban J connectivity index is 1.33. The summed E-state index contributed by atoms with van der Waals surface area (Å²) in [6, 6.07) is 13.1. The van der Waals surface area contributed by atoms with Crippen molar-refractivity contribution in [3.8, 4) is 6.07 Å². The monoisotopic (exact) mass is 593 g/mol. The number of aryl methyl sites for hydroxylation is 2. The molecule has 6 N–H and O–H groups in total. The highest BCUT2D eigenvalue weighted by Crippen LogP contribution is 2.50. The number of nitrogens with one attached hydrogen (secondary N) is 2. The van der Waals surface area contributed by atoms with Crippen molar-refractivity contribution in [3.63, 3.8) is 0 Å². The summed E-state index contributed by atoms with van der Waals surface area (Å²) in [6.45, 7) is 0.133. The second-order valence-corrected chi connectivity index (χ2v) is 12.8. The molecule has 1 aliphatic heterocycles. The third kappa shape index (κ3) is 4.63. The lowest BCUT2D eigenvalue weighted by Crippen LogP contribution is -2.50. The normalized spacial score (nSPS) is 23.7. The molecule has 4 atom stereocenters. The van der Waals surface area contributed by atoms with Crippen LogP contribution in [0.1, 0.15) is 87.3 Å². The molecule has 3 aromatic rings. The van der Waals surface area contributed by atoms with Gasteiger partial charge in [0.05, 0.1) is 18.0 Å². The van der Waals surface area contributed by atoms with Crippen LogP contribution in [-0.2, 0) is 23.1 Å². The topological polar surface area (TPSA) is 197 Å². The molecular weight excluding hydrogens is 558 g/mol. The summed E-state index contributed by atoms with van der Waals surface area (Å²) in [5.41, 5.74) is 15.0. The van der Waals surface area contributed by atoms with E-state index in [1.807, 2.05) is 24.3 Å². The number of carbonyl (C=O) groups is 3. The number of fused-ring (bicyclic) bond motifs is 3. The van der Waals surface area contributed by atoms with Crippen LogP contribution in [0.2, 0.25) is 0 Å². The van der Waals surface area contributed by atoms with Crippen molar-refractivity contribution >= 4 is 17.7 Å². The number of primary amides is 2. The zero-order valence-corrected chi connectivity index (χ0v) is 24.3. The third-order valence-electron chi connectivity index (χ3n) is 10.4. The maximum absolute atomic E-state index is 13.5. The number of amides is 3. The van der Waals surface area contributed by atoms with Gasteiger partial charge in [0, 0.05) is 23.2 Å². The van der Waals surface area contributed by atoms with Gasteiger partial charge in [-0.15, -0.1) is 5.10 Å². The first-order valence-electron chi connectivity index (χ1n) is 15.3. The fraction of sp³-hybridized carbons (Fsp3) is 0.469. The number of rotatable bonds is 9. The summed E-state index contributed by atoms with van der Waals surface area (Å²) < 4.78 is 0. The molecule has 0 spiro atoms. The second-order valence-electron chi connectivity index (χ2n) is 12.8. The maximum Gasteiger partial charge on any atom is 0.248 e. The van der Waals surface area contributed by atoms with Crippen LogP contribution < -0.4 is 16.8 Å². The maximum atomic E-state index is 13.5. The molecule has 3 fully saturated rings. The fourth-order valence-corrected chi connectivity index (χ4v) is 7.88. The van der Waals surface area contributed by atoms with Gasteiger partial charge in [-0.3, -0.25) is 14.4 Å². The Kier molecular flexibility index (Phi) is 6.93. The number of hydrogen-bond acceptors (Lipinski definition) is 8. The van der Waals surface area contributed by atoms with Crippen molar-refractivity contribution < 1.29 is 14.4 Å². The molecule has 1 unspecified atom stereocenters. The number of nitrogens with two attached hydrogens (primary N) is 2. The molecule has 3 aliphatic carbocycles. The molecule has 3 amide bonds. The van der Waals surface area contributed by atoms with E-state index in [0.29, 0.717) is 48.0 Å². The molecule has 4 aliphatic rings. The Morgan fingerprint density at radius 1 is 1.05 bits per heavy atom. The summed E-state index contributed by atoms with van der Waals surface area (Å²) in [5.74, 6) is 0.228. The molecule has 12 nitrogen and oxygen atoms in total. The van der Waals surface area contributed by atoms with Gasteiger partial charge >= 0.3 is 0 Å². The zero-order chi connectivity index (χ0) is 30.6. The first kappa shape index (κ1) is 28.2. The van der Waals surface area contributed by atoms with Gasteiger partial charge in [0.15, 0.2) is 5.82 Å². The average Bonchev–Trinajstić information content (AvgIpc) is 3.38. The highest BCUT2D eigenvalue weighted by molar-refractivity contribution is 5.94. The molecule has 0 bridgehead atoms. The van der Waals surface area contributed by atoms with Crippen LogP contribution in [0.3, 0.4) is 0 Å². The Bertz CT molecular complexity index is 1610. The van der Waals surface area contributed by atoms with Gasteiger partial charge < -0.3 is 21.7 Å². The third-order valence-corrected chi connectivity index (χ3v) is 10.4. The Morgan fingerprint density at radius 2 is 1.70 bits per heavy atom. The Labute approximate surface area is 254 Å². The number of aromatic nitrogens is 4. The number of carbonyl (C=O) groups excluding carboxylic acids is 3. The minimum absolute atomic E-state index is 0.0416. The number of likely N-dealkylation sites (tertiary alicyclic amines) is 1. The number of tetrazole rings is 1. The van der Waals surface area contributed by atoms with Crippen LogP contribution in [0.25, 0.3) is 0 Å². The minimum atomic E-state index is -0.905. The molecule has 1 aromatic heterocycles. The average molecular weight is 594 g/mol. The molecule has 0 radical (unpaired) electrons. The van der Waals surface area contributed by atoms with E-state index in [9.17, 15) is 19.6 Å². The Hall–Kier alpha value is -4.63. The summed E-state index contributed by atoms with van der Waals surface area (Å²) in [4.78, 5) is 39.7. The zero-order valence-electron chi connectivity index (χ0n) is 24.3. The molecule has 12 heteroatoms. The van der Waals surface area contributed by atoms with E-state index in [0.717, 1.165) is 54.4 Å². The lowest BCUT2D eigenvalue weighted by atomic mass is 9.64. The molecule has 226 valence electrons.